The van der Waals surface area contributed by atoms with Crippen molar-refractivity contribution in [3.8, 4) is 0 Å². The van der Waals surface area contributed by atoms with Gasteiger partial charge in [0.15, 0.2) is 0 Å². The second-order valence-corrected chi connectivity index (χ2v) is 7.34. The van der Waals surface area contributed by atoms with Gasteiger partial charge in [0.05, 0.1) is 6.10 Å². The van der Waals surface area contributed by atoms with Crippen LogP contribution in [-0.2, 0) is 13.8 Å². The highest BCUT2D eigenvalue weighted by Gasteiger charge is 2.25. The third-order valence-corrected chi connectivity index (χ3v) is 4.84. The van der Waals surface area contributed by atoms with Gasteiger partial charge in [-0.15, -0.1) is 0 Å². The van der Waals surface area contributed by atoms with Gasteiger partial charge >= 0.3 is 0 Å². The van der Waals surface area contributed by atoms with Crippen molar-refractivity contribution in [1.29, 1.82) is 0 Å². The molecule has 8 heteroatoms. The van der Waals surface area contributed by atoms with Gasteiger partial charge in [-0.1, -0.05) is 0 Å². The van der Waals surface area contributed by atoms with Crippen molar-refractivity contribution < 1.29 is 22.3 Å². The van der Waals surface area contributed by atoms with Gasteiger partial charge in [-0.2, -0.15) is 0 Å². The first-order chi connectivity index (χ1) is 9.82. The van der Waals surface area contributed by atoms with Gasteiger partial charge < -0.3 is 9.64 Å². The van der Waals surface area contributed by atoms with E-state index >= 15 is 0 Å². The first kappa shape index (κ1) is 16.2. The fraction of sp³-hybridized carbons (Fsp3) is 0.462. The molecule has 1 heterocycles. The molecular formula is C13H15ClFNO4S. The number of likely N-dealkylation sites (tertiary alicyclic amines) is 1. The fourth-order valence-corrected chi connectivity index (χ4v) is 3.22. The maximum absolute atomic E-state index is 13.5. The van der Waals surface area contributed by atoms with Gasteiger partial charge in [-0.3, -0.25) is 4.79 Å². The number of hydrogen-bond acceptors (Lipinski definition) is 4. The van der Waals surface area contributed by atoms with Crippen LogP contribution in [0.4, 0.5) is 4.39 Å². The second kappa shape index (κ2) is 6.29. The number of benzene rings is 1. The van der Waals surface area contributed by atoms with Crippen LogP contribution in [0, 0.1) is 5.82 Å². The van der Waals surface area contributed by atoms with Gasteiger partial charge in [0.1, 0.15) is 10.7 Å². The monoisotopic (exact) mass is 335 g/mol. The van der Waals surface area contributed by atoms with Gasteiger partial charge in [0.2, 0.25) is 0 Å². The molecule has 0 aromatic heterocycles. The molecule has 0 N–H and O–H groups in total. The molecule has 0 atom stereocenters. The molecule has 0 aliphatic carbocycles. The van der Waals surface area contributed by atoms with Crippen molar-refractivity contribution in [2.24, 2.45) is 0 Å². The molecule has 1 fully saturated rings. The average Bonchev–Trinajstić information content (AvgIpc) is 2.46. The molecule has 116 valence electrons. The summed E-state index contributed by atoms with van der Waals surface area (Å²) in [5.74, 6) is -1.31. The number of ether oxygens (including phenoxy) is 1. The van der Waals surface area contributed by atoms with E-state index < -0.39 is 19.8 Å². The highest BCUT2D eigenvalue weighted by Crippen LogP contribution is 2.22. The number of carbonyl (C=O) groups is 1. The van der Waals surface area contributed by atoms with Crippen molar-refractivity contribution in [1.82, 2.24) is 4.90 Å². The number of amides is 1. The zero-order valence-electron chi connectivity index (χ0n) is 11.4. The summed E-state index contributed by atoms with van der Waals surface area (Å²) in [7, 11) is 2.55. The summed E-state index contributed by atoms with van der Waals surface area (Å²) < 4.78 is 41.2. The Kier molecular flexibility index (Phi) is 4.85. The van der Waals surface area contributed by atoms with Crippen LogP contribution in [0.5, 0.6) is 0 Å². The molecule has 0 radical (unpaired) electrons. The standard InChI is InChI=1S/C13H15ClFNO4S/c1-20-10-4-6-16(7-5-10)13(17)9-2-3-11(15)12(8-9)21(14,18)19/h2-3,8,10H,4-7H2,1H3. The zero-order valence-corrected chi connectivity index (χ0v) is 13.0. The Balaban J connectivity index is 2.21. The maximum atomic E-state index is 13.5. The molecule has 1 aliphatic rings. The molecular weight excluding hydrogens is 321 g/mol. The van der Waals surface area contributed by atoms with E-state index in [-0.39, 0.29) is 17.6 Å². The predicted octanol–water partition coefficient (Wildman–Crippen LogP) is 2.00. The van der Waals surface area contributed by atoms with E-state index in [0.29, 0.717) is 25.9 Å². The van der Waals surface area contributed by atoms with Crippen molar-refractivity contribution >= 4 is 25.6 Å². The number of nitrogens with zero attached hydrogens (tertiary/aromatic N) is 1. The van der Waals surface area contributed by atoms with E-state index in [2.05, 4.69) is 0 Å². The van der Waals surface area contributed by atoms with Crippen molar-refractivity contribution in [2.45, 2.75) is 23.8 Å². The largest absolute Gasteiger partial charge is 0.381 e. The molecule has 1 amide bonds. The molecule has 1 aromatic rings. The lowest BCUT2D eigenvalue weighted by molar-refractivity contribution is 0.0350. The average molecular weight is 336 g/mol. The SMILES string of the molecule is COC1CCN(C(=O)c2ccc(F)c(S(=O)(=O)Cl)c2)CC1. The molecule has 2 rings (SSSR count). The van der Waals surface area contributed by atoms with Crippen LogP contribution in [0.2, 0.25) is 0 Å². The van der Waals surface area contributed by atoms with E-state index in [1.54, 1.807) is 12.0 Å². The van der Waals surface area contributed by atoms with Crippen LogP contribution in [-0.4, -0.2) is 45.5 Å². The minimum Gasteiger partial charge on any atom is -0.381 e. The summed E-state index contributed by atoms with van der Waals surface area (Å²) in [6, 6.07) is 3.17. The first-order valence-corrected chi connectivity index (χ1v) is 8.70. The van der Waals surface area contributed by atoms with E-state index in [1.807, 2.05) is 0 Å². The highest BCUT2D eigenvalue weighted by molar-refractivity contribution is 8.13. The summed E-state index contributed by atoms with van der Waals surface area (Å²) in [6.45, 7) is 1.02. The summed E-state index contributed by atoms with van der Waals surface area (Å²) in [5.41, 5.74) is 0.103. The van der Waals surface area contributed by atoms with Crippen molar-refractivity contribution in [2.75, 3.05) is 20.2 Å². The van der Waals surface area contributed by atoms with Gasteiger partial charge in [0.25, 0.3) is 15.0 Å². The van der Waals surface area contributed by atoms with Crippen LogP contribution in [0.3, 0.4) is 0 Å². The molecule has 5 nitrogen and oxygen atoms in total. The molecule has 0 unspecified atom stereocenters. The number of carbonyl (C=O) groups excluding carboxylic acids is 1. The molecule has 0 bridgehead atoms. The second-order valence-electron chi connectivity index (χ2n) is 4.81. The lowest BCUT2D eigenvalue weighted by atomic mass is 10.1. The van der Waals surface area contributed by atoms with Gasteiger partial charge in [-0.25, -0.2) is 12.8 Å². The zero-order chi connectivity index (χ0) is 15.6. The lowest BCUT2D eigenvalue weighted by Gasteiger charge is -2.31. The third-order valence-electron chi connectivity index (χ3n) is 3.50. The Morgan fingerprint density at radius 1 is 1.38 bits per heavy atom. The smallest absolute Gasteiger partial charge is 0.264 e. The maximum Gasteiger partial charge on any atom is 0.264 e. The first-order valence-electron chi connectivity index (χ1n) is 6.39. The molecule has 0 saturated carbocycles. The van der Waals surface area contributed by atoms with Crippen molar-refractivity contribution in [3.05, 3.63) is 29.6 Å². The molecule has 1 saturated heterocycles. The summed E-state index contributed by atoms with van der Waals surface area (Å²) in [4.78, 5) is 13.2. The third kappa shape index (κ3) is 3.72. The van der Waals surface area contributed by atoms with Gasteiger partial charge in [-0.05, 0) is 31.0 Å². The Bertz CT molecular complexity index is 642. The summed E-state index contributed by atoms with van der Waals surface area (Å²) in [6.07, 6.45) is 1.55. The number of halogens is 2. The Hall–Kier alpha value is -1.18. The number of piperidine rings is 1. The van der Waals surface area contributed by atoms with E-state index in [4.69, 9.17) is 15.4 Å². The van der Waals surface area contributed by atoms with E-state index in [1.165, 1.54) is 6.07 Å². The number of rotatable bonds is 3. The quantitative estimate of drug-likeness (QED) is 0.793. The predicted molar refractivity (Wildman–Crippen MR) is 75.4 cm³/mol. The molecule has 1 aliphatic heterocycles. The molecule has 0 spiro atoms. The molecule has 21 heavy (non-hydrogen) atoms. The summed E-state index contributed by atoms with van der Waals surface area (Å²) in [5, 5.41) is 0. The topological polar surface area (TPSA) is 63.7 Å². The van der Waals surface area contributed by atoms with Crippen LogP contribution >= 0.6 is 10.7 Å². The van der Waals surface area contributed by atoms with Crippen LogP contribution in [0.25, 0.3) is 0 Å². The summed E-state index contributed by atoms with van der Waals surface area (Å²) >= 11 is 0. The van der Waals surface area contributed by atoms with Crippen molar-refractivity contribution in [3.63, 3.8) is 0 Å². The normalized spacial score (nSPS) is 17.0. The lowest BCUT2D eigenvalue weighted by Crippen LogP contribution is -2.40. The van der Waals surface area contributed by atoms with Crippen LogP contribution in [0.15, 0.2) is 23.1 Å². The Morgan fingerprint density at radius 2 is 2.00 bits per heavy atom. The number of methoxy groups -OCH3 is 1. The van der Waals surface area contributed by atoms with E-state index in [9.17, 15) is 17.6 Å². The molecule has 1 aromatic carbocycles. The van der Waals surface area contributed by atoms with Crippen LogP contribution in [0.1, 0.15) is 23.2 Å². The number of hydrogen-bond donors (Lipinski definition) is 0. The minimum absolute atomic E-state index is 0.103. The Morgan fingerprint density at radius 3 is 2.52 bits per heavy atom. The van der Waals surface area contributed by atoms with E-state index in [0.717, 1.165) is 12.1 Å². The van der Waals surface area contributed by atoms with Gasteiger partial charge in [0, 0.05) is 36.4 Å². The Labute approximate surface area is 127 Å². The fourth-order valence-electron chi connectivity index (χ4n) is 2.30. The minimum atomic E-state index is -4.23. The van der Waals surface area contributed by atoms with Crippen LogP contribution < -0.4 is 0 Å². The highest BCUT2D eigenvalue weighted by atomic mass is 35.7.